The number of nitrogens with one attached hydrogen (secondary N) is 2. The molecule has 0 amide bonds. The van der Waals surface area contributed by atoms with Crippen LogP contribution in [0.3, 0.4) is 0 Å². The van der Waals surface area contributed by atoms with Gasteiger partial charge in [0.15, 0.2) is 11.6 Å². The van der Waals surface area contributed by atoms with E-state index in [0.29, 0.717) is 35.2 Å². The standard InChI is InChI=1S/C20H21FN4O3S.C2H6/c1-11-5-6-15(24-29(27,28)25-7-4-8-25)18(21)16(11)19(26)14-10-23-20-17(14)13(3)12(2)9-22-20;1-2/h5-6,9-10,24H,4,7-8H2,1-3H3,(H,22,23);1-2H3. The van der Waals surface area contributed by atoms with E-state index in [1.54, 1.807) is 13.1 Å². The van der Waals surface area contributed by atoms with Crippen molar-refractivity contribution in [3.05, 3.63) is 58.2 Å². The van der Waals surface area contributed by atoms with Gasteiger partial charge in [0.05, 0.1) is 11.3 Å². The van der Waals surface area contributed by atoms with Gasteiger partial charge in [-0.05, 0) is 49.9 Å². The Balaban J connectivity index is 0.00000132. The molecule has 0 saturated carbocycles. The van der Waals surface area contributed by atoms with E-state index in [1.807, 2.05) is 27.7 Å². The van der Waals surface area contributed by atoms with Crippen molar-refractivity contribution in [3.63, 3.8) is 0 Å². The number of hydrogen-bond donors (Lipinski definition) is 2. The Bertz CT molecular complexity index is 1250. The number of ketones is 1. The molecule has 166 valence electrons. The van der Waals surface area contributed by atoms with Gasteiger partial charge in [0.25, 0.3) is 0 Å². The minimum atomic E-state index is -3.84. The highest BCUT2D eigenvalue weighted by Crippen LogP contribution is 2.30. The first-order valence-electron chi connectivity index (χ1n) is 10.3. The Kier molecular flexibility index (Phi) is 6.47. The summed E-state index contributed by atoms with van der Waals surface area (Å²) < 4.78 is 43.4. The summed E-state index contributed by atoms with van der Waals surface area (Å²) in [7, 11) is -3.84. The van der Waals surface area contributed by atoms with E-state index in [0.717, 1.165) is 17.5 Å². The third-order valence-electron chi connectivity index (χ3n) is 5.43. The quantitative estimate of drug-likeness (QED) is 0.573. The molecule has 3 heterocycles. The van der Waals surface area contributed by atoms with Crippen LogP contribution in [0.1, 0.15) is 52.9 Å². The number of aromatic amines is 1. The number of benzene rings is 1. The largest absolute Gasteiger partial charge is 0.345 e. The summed E-state index contributed by atoms with van der Waals surface area (Å²) in [5.41, 5.74) is 2.67. The predicted octanol–water partition coefficient (Wildman–Crippen LogP) is 4.25. The molecular formula is C22H27FN4O3S. The maximum atomic E-state index is 15.3. The summed E-state index contributed by atoms with van der Waals surface area (Å²) in [4.78, 5) is 20.5. The molecule has 2 N–H and O–H groups in total. The molecule has 0 aliphatic carbocycles. The van der Waals surface area contributed by atoms with Crippen molar-refractivity contribution in [3.8, 4) is 0 Å². The molecule has 1 aliphatic heterocycles. The normalized spacial score (nSPS) is 14.0. The number of halogens is 1. The zero-order valence-electron chi connectivity index (χ0n) is 18.3. The van der Waals surface area contributed by atoms with Gasteiger partial charge >= 0.3 is 10.2 Å². The van der Waals surface area contributed by atoms with E-state index in [9.17, 15) is 13.2 Å². The highest BCUT2D eigenvalue weighted by Gasteiger charge is 2.30. The molecule has 1 fully saturated rings. The second-order valence-electron chi connectivity index (χ2n) is 7.30. The molecule has 1 aromatic carbocycles. The molecule has 4 rings (SSSR count). The lowest BCUT2D eigenvalue weighted by molar-refractivity contribution is 0.103. The number of aryl methyl sites for hydroxylation is 3. The molecule has 9 heteroatoms. The van der Waals surface area contributed by atoms with Crippen LogP contribution in [-0.4, -0.2) is 41.6 Å². The van der Waals surface area contributed by atoms with Crippen LogP contribution in [-0.2, 0) is 10.2 Å². The Labute approximate surface area is 181 Å². The topological polar surface area (TPSA) is 95.2 Å². The molecular weight excluding hydrogens is 419 g/mol. The van der Waals surface area contributed by atoms with Crippen molar-refractivity contribution in [2.75, 3.05) is 17.8 Å². The van der Waals surface area contributed by atoms with Gasteiger partial charge < -0.3 is 4.98 Å². The Morgan fingerprint density at radius 2 is 1.84 bits per heavy atom. The maximum Gasteiger partial charge on any atom is 0.301 e. The Morgan fingerprint density at radius 1 is 1.16 bits per heavy atom. The van der Waals surface area contributed by atoms with E-state index in [4.69, 9.17) is 0 Å². The van der Waals surface area contributed by atoms with Gasteiger partial charge in [0.2, 0.25) is 0 Å². The molecule has 1 saturated heterocycles. The lowest BCUT2D eigenvalue weighted by Crippen LogP contribution is -2.45. The second-order valence-corrected chi connectivity index (χ2v) is 8.97. The van der Waals surface area contributed by atoms with Crippen molar-refractivity contribution in [1.29, 1.82) is 0 Å². The molecule has 7 nitrogen and oxygen atoms in total. The van der Waals surface area contributed by atoms with Crippen molar-refractivity contribution in [1.82, 2.24) is 14.3 Å². The first-order valence-corrected chi connectivity index (χ1v) is 11.7. The minimum Gasteiger partial charge on any atom is -0.345 e. The molecule has 0 unspecified atom stereocenters. The van der Waals surface area contributed by atoms with E-state index in [2.05, 4.69) is 14.7 Å². The van der Waals surface area contributed by atoms with Crippen LogP contribution in [0, 0.1) is 26.6 Å². The first kappa shape index (κ1) is 22.9. The smallest absolute Gasteiger partial charge is 0.301 e. The van der Waals surface area contributed by atoms with Gasteiger partial charge in [-0.25, -0.2) is 9.37 Å². The maximum absolute atomic E-state index is 15.3. The number of anilines is 1. The fraction of sp³-hybridized carbons (Fsp3) is 0.364. The average molecular weight is 447 g/mol. The predicted molar refractivity (Wildman–Crippen MR) is 120 cm³/mol. The first-order chi connectivity index (χ1) is 14.7. The van der Waals surface area contributed by atoms with Crippen LogP contribution in [0.5, 0.6) is 0 Å². The highest BCUT2D eigenvalue weighted by molar-refractivity contribution is 7.90. The fourth-order valence-electron chi connectivity index (χ4n) is 3.42. The van der Waals surface area contributed by atoms with Crippen molar-refractivity contribution < 1.29 is 17.6 Å². The number of aromatic nitrogens is 2. The van der Waals surface area contributed by atoms with Crippen LogP contribution in [0.25, 0.3) is 11.0 Å². The van der Waals surface area contributed by atoms with Crippen LogP contribution < -0.4 is 4.72 Å². The number of fused-ring (bicyclic) bond motifs is 1. The van der Waals surface area contributed by atoms with E-state index in [1.165, 1.54) is 22.6 Å². The third kappa shape index (κ3) is 4.07. The van der Waals surface area contributed by atoms with E-state index >= 15 is 4.39 Å². The summed E-state index contributed by atoms with van der Waals surface area (Å²) in [6, 6.07) is 2.88. The van der Waals surface area contributed by atoms with E-state index in [-0.39, 0.29) is 11.3 Å². The van der Waals surface area contributed by atoms with Gasteiger partial charge in [-0.1, -0.05) is 19.9 Å². The number of carbonyl (C=O) groups is 1. The van der Waals surface area contributed by atoms with Gasteiger partial charge in [0.1, 0.15) is 5.65 Å². The summed E-state index contributed by atoms with van der Waals surface area (Å²) >= 11 is 0. The Morgan fingerprint density at radius 3 is 2.45 bits per heavy atom. The van der Waals surface area contributed by atoms with Gasteiger partial charge in [-0.2, -0.15) is 12.7 Å². The summed E-state index contributed by atoms with van der Waals surface area (Å²) in [6.45, 7) is 10.2. The Hall–Kier alpha value is -2.78. The number of H-pyrrole nitrogens is 1. The molecule has 3 aromatic rings. The van der Waals surface area contributed by atoms with Crippen LogP contribution in [0.2, 0.25) is 0 Å². The number of pyridine rings is 1. The molecule has 0 spiro atoms. The lowest BCUT2D eigenvalue weighted by Gasteiger charge is -2.30. The highest BCUT2D eigenvalue weighted by atomic mass is 32.2. The number of nitrogens with zero attached hydrogens (tertiary/aromatic N) is 2. The zero-order valence-corrected chi connectivity index (χ0v) is 19.2. The summed E-state index contributed by atoms with van der Waals surface area (Å²) in [5, 5.41) is 0.639. The fourth-order valence-corrected chi connectivity index (χ4v) is 4.73. The number of carbonyl (C=O) groups excluding carboxylic acids is 1. The monoisotopic (exact) mass is 446 g/mol. The summed E-state index contributed by atoms with van der Waals surface area (Å²) in [6.07, 6.45) is 4.00. The number of hydrogen-bond acceptors (Lipinski definition) is 4. The molecule has 2 aromatic heterocycles. The average Bonchev–Trinajstić information content (AvgIpc) is 3.11. The van der Waals surface area contributed by atoms with Crippen molar-refractivity contribution >= 4 is 32.7 Å². The number of rotatable bonds is 5. The van der Waals surface area contributed by atoms with Crippen LogP contribution >= 0.6 is 0 Å². The second kappa shape index (κ2) is 8.76. The molecule has 31 heavy (non-hydrogen) atoms. The van der Waals surface area contributed by atoms with Crippen molar-refractivity contribution in [2.45, 2.75) is 41.0 Å². The molecule has 0 atom stereocenters. The zero-order chi connectivity index (χ0) is 22.9. The molecule has 0 radical (unpaired) electrons. The SMILES string of the molecule is CC.Cc1ccc(NS(=O)(=O)N2CCC2)c(F)c1C(=O)c1c[nH]c2ncc(C)c(C)c12. The van der Waals surface area contributed by atoms with Gasteiger partial charge in [-0.15, -0.1) is 0 Å². The van der Waals surface area contributed by atoms with Crippen LogP contribution in [0.4, 0.5) is 10.1 Å². The van der Waals surface area contributed by atoms with Crippen molar-refractivity contribution in [2.24, 2.45) is 0 Å². The summed E-state index contributed by atoms with van der Waals surface area (Å²) in [5.74, 6) is -1.40. The molecule has 0 bridgehead atoms. The third-order valence-corrected chi connectivity index (χ3v) is 6.95. The molecule has 1 aliphatic rings. The minimum absolute atomic E-state index is 0.157. The van der Waals surface area contributed by atoms with Crippen LogP contribution in [0.15, 0.2) is 24.5 Å². The van der Waals surface area contributed by atoms with Gasteiger partial charge in [-0.3, -0.25) is 9.52 Å². The lowest BCUT2D eigenvalue weighted by atomic mass is 9.96. The van der Waals surface area contributed by atoms with E-state index < -0.39 is 21.8 Å². The van der Waals surface area contributed by atoms with Gasteiger partial charge in [0, 0.05) is 36.4 Å².